The van der Waals surface area contributed by atoms with Crippen molar-refractivity contribution in [2.45, 2.75) is 0 Å². The zero-order chi connectivity index (χ0) is 4.50. The van der Waals surface area contributed by atoms with Gasteiger partial charge in [0, 0.05) is 0 Å². The molecule has 0 aliphatic rings. The largest absolute Gasteiger partial charge is 0.332 e. The van der Waals surface area contributed by atoms with Crippen molar-refractivity contribution in [1.29, 1.82) is 0 Å². The highest BCUT2D eigenvalue weighted by Crippen LogP contribution is 2.23. The first-order valence-corrected chi connectivity index (χ1v) is 2.62. The van der Waals surface area contributed by atoms with Gasteiger partial charge in [0.25, 0.3) is 0 Å². The van der Waals surface area contributed by atoms with Gasteiger partial charge in [-0.2, -0.15) is 0 Å². The smallest absolute Gasteiger partial charge is 0.328 e. The summed E-state index contributed by atoms with van der Waals surface area (Å²) in [6.07, 6.45) is 0. The molecular formula is BCl4-. The normalized spacial score (nSPS) is 12.0. The summed E-state index contributed by atoms with van der Waals surface area (Å²) in [6.45, 7) is 0. The minimum absolute atomic E-state index is 2.11. The van der Waals surface area contributed by atoms with Gasteiger partial charge in [0.2, 0.25) is 0 Å². The van der Waals surface area contributed by atoms with Crippen LogP contribution in [0, 0.1) is 0 Å². The molecule has 5 heavy (non-hydrogen) atoms. The lowest BCUT2D eigenvalue weighted by molar-refractivity contribution is 3.80. The molecule has 0 aromatic carbocycles. The molecule has 0 spiro atoms. The summed E-state index contributed by atoms with van der Waals surface area (Å²) in [6, 6.07) is 0. The summed E-state index contributed by atoms with van der Waals surface area (Å²) in [5.41, 5.74) is 0. The van der Waals surface area contributed by atoms with Gasteiger partial charge in [-0.05, 0) is 0 Å². The molecule has 0 atom stereocenters. The molecule has 5 heteroatoms. The van der Waals surface area contributed by atoms with Crippen LogP contribution in [-0.4, -0.2) is 3.81 Å². The van der Waals surface area contributed by atoms with Gasteiger partial charge in [0.1, 0.15) is 0 Å². The van der Waals surface area contributed by atoms with Crippen LogP contribution in [0.25, 0.3) is 0 Å². The van der Waals surface area contributed by atoms with Gasteiger partial charge < -0.3 is 45.8 Å². The molecule has 0 fully saturated rings. The number of hydrogen-bond acceptors (Lipinski definition) is 0. The first-order valence-electron chi connectivity index (χ1n) is 0.873. The number of rotatable bonds is 0. The Morgan fingerprint density at radius 2 is 0.800 bits per heavy atom. The SMILES string of the molecule is Cl[B-](Cl)(Cl)Cl. The average Bonchev–Trinajstić information content (AvgIpc) is 0.722. The maximum atomic E-state index is 4.89. The maximum Gasteiger partial charge on any atom is 0.328 e. The monoisotopic (exact) mass is 151 g/mol. The van der Waals surface area contributed by atoms with Crippen LogP contribution in [-0.2, 0) is 0 Å². The molecule has 0 aromatic heterocycles. The van der Waals surface area contributed by atoms with Crippen molar-refractivity contribution >= 4 is 49.6 Å². The maximum absolute atomic E-state index is 4.89. The molecule has 0 bridgehead atoms. The van der Waals surface area contributed by atoms with E-state index in [2.05, 4.69) is 0 Å². The lowest BCUT2D eigenvalue weighted by atomic mass is 10.7. The Labute approximate surface area is 49.9 Å². The van der Waals surface area contributed by atoms with E-state index in [-0.39, 0.29) is 0 Å². The van der Waals surface area contributed by atoms with E-state index >= 15 is 0 Å². The molecule has 0 heterocycles. The fourth-order valence-electron chi connectivity index (χ4n) is 0. The van der Waals surface area contributed by atoms with Crippen molar-refractivity contribution in [3.63, 3.8) is 0 Å². The van der Waals surface area contributed by atoms with E-state index in [1.54, 1.807) is 0 Å². The van der Waals surface area contributed by atoms with Gasteiger partial charge >= 0.3 is 3.81 Å². The topological polar surface area (TPSA) is 0 Å². The molecule has 0 saturated carbocycles. The fourth-order valence-corrected chi connectivity index (χ4v) is 0. The summed E-state index contributed by atoms with van der Waals surface area (Å²) >= 11 is 19.6. The summed E-state index contributed by atoms with van der Waals surface area (Å²) in [5, 5.41) is 0. The molecular weight excluding hydrogens is 153 g/mol. The standard InChI is InChI=1S/BCl4/c2-1(3,4)5/q-1. The van der Waals surface area contributed by atoms with E-state index in [1.165, 1.54) is 0 Å². The van der Waals surface area contributed by atoms with E-state index in [4.69, 9.17) is 45.8 Å². The van der Waals surface area contributed by atoms with E-state index in [1.807, 2.05) is 0 Å². The van der Waals surface area contributed by atoms with Crippen LogP contribution in [0.5, 0.6) is 0 Å². The van der Waals surface area contributed by atoms with Gasteiger partial charge in [-0.1, -0.05) is 0 Å². The third-order valence-electron chi connectivity index (χ3n) is 0. The van der Waals surface area contributed by atoms with E-state index in [9.17, 15) is 0 Å². The Morgan fingerprint density at radius 1 is 0.800 bits per heavy atom. The Kier molecular flexibility index (Phi) is 2.22. The second kappa shape index (κ2) is 1.79. The molecule has 0 nitrogen and oxygen atoms in total. The van der Waals surface area contributed by atoms with Crippen LogP contribution in [0.3, 0.4) is 0 Å². The molecule has 0 aliphatic carbocycles. The summed E-state index contributed by atoms with van der Waals surface area (Å²) in [7, 11) is 0. The second-order valence-corrected chi connectivity index (χ2v) is 4.45. The van der Waals surface area contributed by atoms with Crippen molar-refractivity contribution in [1.82, 2.24) is 0 Å². The molecule has 0 rings (SSSR count). The van der Waals surface area contributed by atoms with Crippen molar-refractivity contribution in [2.75, 3.05) is 0 Å². The Hall–Kier alpha value is 1.22. The van der Waals surface area contributed by atoms with Gasteiger partial charge in [-0.25, -0.2) is 0 Å². The minimum Gasteiger partial charge on any atom is -0.332 e. The summed E-state index contributed by atoms with van der Waals surface area (Å²) in [4.78, 5) is 0. The van der Waals surface area contributed by atoms with Crippen LogP contribution in [0.15, 0.2) is 0 Å². The molecule has 0 N–H and O–H groups in total. The predicted octanol–water partition coefficient (Wildman–Crippen LogP) is 2.38. The van der Waals surface area contributed by atoms with Crippen LogP contribution in [0.4, 0.5) is 0 Å². The third-order valence-corrected chi connectivity index (χ3v) is 0. The number of halogens is 4. The van der Waals surface area contributed by atoms with Crippen molar-refractivity contribution in [3.05, 3.63) is 0 Å². The summed E-state index contributed by atoms with van der Waals surface area (Å²) < 4.78 is -2.11. The van der Waals surface area contributed by atoms with Crippen molar-refractivity contribution < 1.29 is 0 Å². The number of hydrogen-bond donors (Lipinski definition) is 0. The van der Waals surface area contributed by atoms with Crippen LogP contribution < -0.4 is 0 Å². The van der Waals surface area contributed by atoms with Gasteiger partial charge in [-0.3, -0.25) is 0 Å². The predicted molar refractivity (Wildman–Crippen MR) is 29.2 cm³/mol. The van der Waals surface area contributed by atoms with Crippen LogP contribution >= 0.6 is 45.8 Å². The highest BCUT2D eigenvalue weighted by atomic mass is 35.6. The third kappa shape index (κ3) is 36.2. The molecule has 0 amide bonds. The zero-order valence-electron chi connectivity index (χ0n) is 2.09. The quantitative estimate of drug-likeness (QED) is 0.468. The molecule has 0 unspecified atom stereocenters. The van der Waals surface area contributed by atoms with E-state index in [0.717, 1.165) is 0 Å². The lowest BCUT2D eigenvalue weighted by Gasteiger charge is -2.03. The highest BCUT2D eigenvalue weighted by Gasteiger charge is 2.03. The Morgan fingerprint density at radius 3 is 0.800 bits per heavy atom. The zero-order valence-corrected chi connectivity index (χ0v) is 5.11. The van der Waals surface area contributed by atoms with Crippen molar-refractivity contribution in [2.24, 2.45) is 0 Å². The lowest BCUT2D eigenvalue weighted by Crippen LogP contribution is -1.91. The molecule has 0 radical (unpaired) electrons. The van der Waals surface area contributed by atoms with Crippen LogP contribution in [0.1, 0.15) is 0 Å². The first-order chi connectivity index (χ1) is 2.00. The van der Waals surface area contributed by atoms with E-state index in [0.29, 0.717) is 0 Å². The Balaban J connectivity index is 3.02. The van der Waals surface area contributed by atoms with Gasteiger partial charge in [0.15, 0.2) is 0 Å². The highest BCUT2D eigenvalue weighted by molar-refractivity contribution is 7.81. The van der Waals surface area contributed by atoms with Gasteiger partial charge in [0.05, 0.1) is 0 Å². The molecule has 0 saturated heterocycles. The fraction of sp³-hybridized carbons (Fsp3) is 0. The Bertz CT molecular complexity index is 19.1. The molecule has 0 aliphatic heterocycles. The van der Waals surface area contributed by atoms with Gasteiger partial charge in [-0.15, -0.1) is 0 Å². The van der Waals surface area contributed by atoms with Crippen LogP contribution in [0.2, 0.25) is 0 Å². The summed E-state index contributed by atoms with van der Waals surface area (Å²) in [5.74, 6) is 0. The molecule has 32 valence electrons. The molecule has 0 aromatic rings. The minimum atomic E-state index is -2.11. The second-order valence-electron chi connectivity index (χ2n) is 0.495. The average molecular weight is 153 g/mol. The first kappa shape index (κ1) is 6.22. The van der Waals surface area contributed by atoms with Crippen molar-refractivity contribution in [3.8, 4) is 0 Å². The van der Waals surface area contributed by atoms with E-state index < -0.39 is 3.81 Å².